The second kappa shape index (κ2) is 6.79. The molecule has 0 radical (unpaired) electrons. The number of benzene rings is 1. The summed E-state index contributed by atoms with van der Waals surface area (Å²) in [5.41, 5.74) is 2.50. The SMILES string of the molecule is C=CCn1c(O)c(C2=NNC(c3ccc(O)c(OC)c3)C2)c(=O)[nH]c1=O. The third-order valence-electron chi connectivity index (χ3n) is 4.13. The molecule has 1 aromatic heterocycles. The number of ether oxygens (including phenoxy) is 1. The van der Waals surface area contributed by atoms with E-state index >= 15 is 0 Å². The van der Waals surface area contributed by atoms with Gasteiger partial charge in [-0.3, -0.25) is 14.3 Å². The Balaban J connectivity index is 1.94. The Labute approximate surface area is 147 Å². The first-order chi connectivity index (χ1) is 12.5. The van der Waals surface area contributed by atoms with Gasteiger partial charge in [0.25, 0.3) is 5.56 Å². The van der Waals surface area contributed by atoms with Gasteiger partial charge in [-0.15, -0.1) is 6.58 Å². The van der Waals surface area contributed by atoms with Gasteiger partial charge in [-0.1, -0.05) is 12.1 Å². The van der Waals surface area contributed by atoms with Crippen molar-refractivity contribution < 1.29 is 14.9 Å². The zero-order valence-electron chi connectivity index (χ0n) is 14.0. The summed E-state index contributed by atoms with van der Waals surface area (Å²) in [7, 11) is 1.45. The van der Waals surface area contributed by atoms with Crippen LogP contribution in [0, 0.1) is 0 Å². The number of phenolic OH excluding ortho intramolecular Hbond substituents is 1. The number of allylic oxidation sites excluding steroid dienone is 1. The molecule has 9 nitrogen and oxygen atoms in total. The van der Waals surface area contributed by atoms with E-state index < -0.39 is 17.1 Å². The molecule has 1 aromatic carbocycles. The molecule has 0 saturated carbocycles. The normalized spacial score (nSPS) is 16.0. The molecule has 0 amide bonds. The smallest absolute Gasteiger partial charge is 0.331 e. The highest BCUT2D eigenvalue weighted by molar-refractivity contribution is 6.03. The van der Waals surface area contributed by atoms with Crippen LogP contribution in [-0.2, 0) is 6.54 Å². The van der Waals surface area contributed by atoms with Crippen LogP contribution in [0.2, 0.25) is 0 Å². The lowest BCUT2D eigenvalue weighted by Gasteiger charge is -2.13. The fraction of sp³-hybridized carbons (Fsp3) is 0.235. The van der Waals surface area contributed by atoms with E-state index in [1.54, 1.807) is 12.1 Å². The van der Waals surface area contributed by atoms with Gasteiger partial charge in [-0.25, -0.2) is 4.79 Å². The number of aromatic amines is 1. The van der Waals surface area contributed by atoms with Crippen molar-refractivity contribution in [2.75, 3.05) is 7.11 Å². The molecule has 0 aliphatic carbocycles. The minimum atomic E-state index is -0.720. The Hall–Kier alpha value is -3.49. The van der Waals surface area contributed by atoms with E-state index in [4.69, 9.17) is 4.74 Å². The number of methoxy groups -OCH3 is 1. The molecule has 0 fully saturated rings. The number of rotatable bonds is 5. The molecule has 1 unspecified atom stereocenters. The van der Waals surface area contributed by atoms with Crippen LogP contribution in [0.5, 0.6) is 17.4 Å². The Morgan fingerprint density at radius 1 is 1.42 bits per heavy atom. The van der Waals surface area contributed by atoms with Gasteiger partial charge in [0.15, 0.2) is 11.5 Å². The molecule has 4 N–H and O–H groups in total. The second-order valence-corrected chi connectivity index (χ2v) is 5.73. The van der Waals surface area contributed by atoms with Crippen molar-refractivity contribution in [3.8, 4) is 17.4 Å². The molecule has 0 bridgehead atoms. The standard InChI is InChI=1S/C17H18N4O5/c1-3-6-21-16(24)14(15(23)18-17(21)25)11-8-10(19-20-11)9-4-5-12(22)13(7-9)26-2/h3-5,7,10,19,22,24H,1,6,8H2,2H3,(H,18,23,25). The summed E-state index contributed by atoms with van der Waals surface area (Å²) in [5.74, 6) is -0.123. The molecular formula is C17H18N4O5. The van der Waals surface area contributed by atoms with Crippen molar-refractivity contribution in [2.24, 2.45) is 5.10 Å². The van der Waals surface area contributed by atoms with Crippen molar-refractivity contribution in [1.29, 1.82) is 0 Å². The summed E-state index contributed by atoms with van der Waals surface area (Å²) in [5, 5.41) is 24.2. The quantitative estimate of drug-likeness (QED) is 0.579. The average Bonchev–Trinajstić information content (AvgIpc) is 3.08. The van der Waals surface area contributed by atoms with Gasteiger partial charge in [0, 0.05) is 13.0 Å². The van der Waals surface area contributed by atoms with E-state index in [0.717, 1.165) is 10.1 Å². The van der Waals surface area contributed by atoms with Gasteiger partial charge in [0.2, 0.25) is 5.88 Å². The molecule has 2 aromatic rings. The van der Waals surface area contributed by atoms with Gasteiger partial charge in [0.1, 0.15) is 5.56 Å². The highest BCUT2D eigenvalue weighted by Crippen LogP contribution is 2.32. The average molecular weight is 358 g/mol. The maximum absolute atomic E-state index is 12.2. The summed E-state index contributed by atoms with van der Waals surface area (Å²) >= 11 is 0. The van der Waals surface area contributed by atoms with Crippen molar-refractivity contribution in [2.45, 2.75) is 19.0 Å². The summed E-state index contributed by atoms with van der Waals surface area (Å²) < 4.78 is 6.10. The number of nitrogens with one attached hydrogen (secondary N) is 2. The number of phenols is 1. The molecule has 2 heterocycles. The van der Waals surface area contributed by atoms with Crippen LogP contribution in [0.3, 0.4) is 0 Å². The van der Waals surface area contributed by atoms with Gasteiger partial charge in [0.05, 0.1) is 18.9 Å². The van der Waals surface area contributed by atoms with Crippen LogP contribution >= 0.6 is 0 Å². The maximum atomic E-state index is 12.2. The summed E-state index contributed by atoms with van der Waals surface area (Å²) in [6.07, 6.45) is 1.74. The lowest BCUT2D eigenvalue weighted by Crippen LogP contribution is -2.33. The second-order valence-electron chi connectivity index (χ2n) is 5.73. The van der Waals surface area contributed by atoms with Gasteiger partial charge >= 0.3 is 5.69 Å². The van der Waals surface area contributed by atoms with E-state index in [0.29, 0.717) is 17.9 Å². The third kappa shape index (κ3) is 2.94. The zero-order valence-corrected chi connectivity index (χ0v) is 14.0. The number of hydrazone groups is 1. The lowest BCUT2D eigenvalue weighted by atomic mass is 9.99. The minimum Gasteiger partial charge on any atom is -0.504 e. The van der Waals surface area contributed by atoms with Crippen LogP contribution in [0.1, 0.15) is 23.6 Å². The summed E-state index contributed by atoms with van der Waals surface area (Å²) in [4.78, 5) is 26.2. The number of aromatic nitrogens is 2. The van der Waals surface area contributed by atoms with E-state index in [-0.39, 0.29) is 23.9 Å². The van der Waals surface area contributed by atoms with E-state index in [2.05, 4.69) is 22.1 Å². The Kier molecular flexibility index (Phi) is 4.53. The molecule has 1 aliphatic rings. The number of aromatic hydroxyl groups is 2. The molecule has 1 atom stereocenters. The van der Waals surface area contributed by atoms with Crippen LogP contribution in [0.4, 0.5) is 0 Å². The maximum Gasteiger partial charge on any atom is 0.331 e. The monoisotopic (exact) mass is 358 g/mol. The Morgan fingerprint density at radius 2 is 2.19 bits per heavy atom. The molecule has 0 spiro atoms. The number of nitrogens with zero attached hydrogens (tertiary/aromatic N) is 2. The van der Waals surface area contributed by atoms with Crippen LogP contribution in [-0.4, -0.2) is 32.6 Å². The van der Waals surface area contributed by atoms with Crippen LogP contribution in [0.15, 0.2) is 45.5 Å². The topological polar surface area (TPSA) is 129 Å². The van der Waals surface area contributed by atoms with Gasteiger partial charge in [-0.05, 0) is 17.7 Å². The predicted molar refractivity (Wildman–Crippen MR) is 94.9 cm³/mol. The fourth-order valence-electron chi connectivity index (χ4n) is 2.82. The molecular weight excluding hydrogens is 340 g/mol. The first-order valence-electron chi connectivity index (χ1n) is 7.82. The summed E-state index contributed by atoms with van der Waals surface area (Å²) in [6, 6.07) is 4.59. The van der Waals surface area contributed by atoms with Crippen molar-refractivity contribution in [1.82, 2.24) is 15.0 Å². The molecule has 0 saturated heterocycles. The van der Waals surface area contributed by atoms with Crippen LogP contribution < -0.4 is 21.4 Å². The van der Waals surface area contributed by atoms with Crippen molar-refractivity contribution in [3.05, 3.63) is 62.8 Å². The summed E-state index contributed by atoms with van der Waals surface area (Å²) in [6.45, 7) is 3.57. The highest BCUT2D eigenvalue weighted by Gasteiger charge is 2.27. The molecule has 136 valence electrons. The van der Waals surface area contributed by atoms with Crippen molar-refractivity contribution in [3.63, 3.8) is 0 Å². The van der Waals surface area contributed by atoms with Crippen LogP contribution in [0.25, 0.3) is 0 Å². The molecule has 9 heteroatoms. The number of H-pyrrole nitrogens is 1. The minimum absolute atomic E-state index is 0.0148. The molecule has 3 rings (SSSR count). The third-order valence-corrected chi connectivity index (χ3v) is 4.13. The highest BCUT2D eigenvalue weighted by atomic mass is 16.5. The van der Waals surface area contributed by atoms with Gasteiger partial charge in [-0.2, -0.15) is 5.10 Å². The largest absolute Gasteiger partial charge is 0.504 e. The number of hydrogen-bond acceptors (Lipinski definition) is 7. The lowest BCUT2D eigenvalue weighted by molar-refractivity contribution is 0.372. The van der Waals surface area contributed by atoms with Crippen molar-refractivity contribution >= 4 is 5.71 Å². The van der Waals surface area contributed by atoms with E-state index in [1.165, 1.54) is 19.3 Å². The first-order valence-corrected chi connectivity index (χ1v) is 7.82. The predicted octanol–water partition coefficient (Wildman–Crippen LogP) is 0.581. The first kappa shape index (κ1) is 17.3. The number of hydrogen-bond donors (Lipinski definition) is 4. The molecule has 26 heavy (non-hydrogen) atoms. The van der Waals surface area contributed by atoms with E-state index in [1.807, 2.05) is 0 Å². The van der Waals surface area contributed by atoms with Gasteiger partial charge < -0.3 is 20.4 Å². The zero-order chi connectivity index (χ0) is 18.8. The molecule has 1 aliphatic heterocycles. The Morgan fingerprint density at radius 3 is 2.88 bits per heavy atom. The van der Waals surface area contributed by atoms with E-state index in [9.17, 15) is 19.8 Å². The fourth-order valence-corrected chi connectivity index (χ4v) is 2.82. The Bertz CT molecular complexity index is 1010.